The first-order valence-corrected chi connectivity index (χ1v) is 8.13. The Hall–Kier alpha value is -1.95. The monoisotopic (exact) mass is 319 g/mol. The van der Waals surface area contributed by atoms with Crippen molar-refractivity contribution >= 4 is 29.4 Å². The fourth-order valence-corrected chi connectivity index (χ4v) is 3.59. The number of para-hydroxylation sites is 1. The number of rotatable bonds is 1. The van der Waals surface area contributed by atoms with Crippen molar-refractivity contribution in [2.75, 3.05) is 17.2 Å². The average Bonchev–Trinajstić information content (AvgIpc) is 2.46. The van der Waals surface area contributed by atoms with Crippen molar-refractivity contribution in [1.82, 2.24) is 0 Å². The number of carbonyl (C=O) groups is 2. The summed E-state index contributed by atoms with van der Waals surface area (Å²) in [5, 5.41) is 0.614. The molecule has 116 valence electrons. The summed E-state index contributed by atoms with van der Waals surface area (Å²) in [5.41, 5.74) is 0.940. The summed E-state index contributed by atoms with van der Waals surface area (Å²) in [6.45, 7) is 3.85. The van der Waals surface area contributed by atoms with E-state index in [2.05, 4.69) is 0 Å². The SMILES string of the molecule is CC1(C)OC(=O)C(=C2SCCCN2c2ccccc2)C(=O)O1. The molecule has 2 aliphatic rings. The number of ether oxygens (including phenoxy) is 2. The van der Waals surface area contributed by atoms with Crippen molar-refractivity contribution in [3.05, 3.63) is 40.9 Å². The smallest absolute Gasteiger partial charge is 0.351 e. The maximum absolute atomic E-state index is 12.3. The van der Waals surface area contributed by atoms with E-state index < -0.39 is 17.7 Å². The van der Waals surface area contributed by atoms with Gasteiger partial charge < -0.3 is 14.4 Å². The van der Waals surface area contributed by atoms with Crippen LogP contribution in [-0.2, 0) is 19.1 Å². The van der Waals surface area contributed by atoms with Gasteiger partial charge in [0.05, 0.1) is 5.03 Å². The van der Waals surface area contributed by atoms with Crippen LogP contribution >= 0.6 is 11.8 Å². The molecule has 0 aliphatic carbocycles. The first kappa shape index (κ1) is 15.0. The van der Waals surface area contributed by atoms with Gasteiger partial charge in [-0.3, -0.25) is 0 Å². The van der Waals surface area contributed by atoms with Crippen LogP contribution < -0.4 is 4.90 Å². The van der Waals surface area contributed by atoms with Crippen molar-refractivity contribution in [2.24, 2.45) is 0 Å². The highest BCUT2D eigenvalue weighted by atomic mass is 32.2. The molecule has 0 radical (unpaired) electrons. The van der Waals surface area contributed by atoms with Gasteiger partial charge in [0.25, 0.3) is 5.79 Å². The van der Waals surface area contributed by atoms with Crippen LogP contribution in [0.3, 0.4) is 0 Å². The van der Waals surface area contributed by atoms with Crippen molar-refractivity contribution < 1.29 is 19.1 Å². The minimum atomic E-state index is -1.21. The Balaban J connectivity index is 2.03. The molecule has 2 heterocycles. The zero-order valence-electron chi connectivity index (χ0n) is 12.5. The van der Waals surface area contributed by atoms with Gasteiger partial charge in [-0.2, -0.15) is 0 Å². The van der Waals surface area contributed by atoms with Crippen LogP contribution in [0.5, 0.6) is 0 Å². The first-order valence-electron chi connectivity index (χ1n) is 7.14. The van der Waals surface area contributed by atoms with E-state index in [1.165, 1.54) is 11.8 Å². The Morgan fingerprint density at radius 1 is 1.09 bits per heavy atom. The quantitative estimate of drug-likeness (QED) is 0.451. The number of esters is 2. The van der Waals surface area contributed by atoms with Crippen molar-refractivity contribution in [1.29, 1.82) is 0 Å². The molecular weight excluding hydrogens is 302 g/mol. The number of thioether (sulfide) groups is 1. The molecule has 0 N–H and O–H groups in total. The van der Waals surface area contributed by atoms with Gasteiger partial charge in [-0.05, 0) is 18.6 Å². The zero-order valence-corrected chi connectivity index (χ0v) is 13.3. The standard InChI is InChI=1S/C16H17NO4S/c1-16(2)20-14(18)12(15(19)21-16)13-17(9-6-10-22-13)11-7-4-3-5-8-11/h3-5,7-8H,6,9-10H2,1-2H3. The van der Waals surface area contributed by atoms with Gasteiger partial charge in [0, 0.05) is 31.8 Å². The molecule has 0 bridgehead atoms. The summed E-state index contributed by atoms with van der Waals surface area (Å²) in [4.78, 5) is 26.5. The Morgan fingerprint density at radius 2 is 1.73 bits per heavy atom. The molecule has 0 amide bonds. The Labute approximate surface area is 133 Å². The van der Waals surface area contributed by atoms with Crippen LogP contribution in [0.25, 0.3) is 0 Å². The molecule has 22 heavy (non-hydrogen) atoms. The van der Waals surface area contributed by atoms with Gasteiger partial charge in [0.15, 0.2) is 5.57 Å². The lowest BCUT2D eigenvalue weighted by Gasteiger charge is -2.35. The Kier molecular flexibility index (Phi) is 3.87. The summed E-state index contributed by atoms with van der Waals surface area (Å²) in [7, 11) is 0. The van der Waals surface area contributed by atoms with E-state index in [0.717, 1.165) is 24.4 Å². The lowest BCUT2D eigenvalue weighted by molar-refractivity contribution is -0.222. The van der Waals surface area contributed by atoms with E-state index in [9.17, 15) is 9.59 Å². The molecule has 2 saturated heterocycles. The van der Waals surface area contributed by atoms with Gasteiger partial charge in [0.2, 0.25) is 0 Å². The van der Waals surface area contributed by atoms with Crippen LogP contribution in [0.4, 0.5) is 5.69 Å². The third-order valence-electron chi connectivity index (χ3n) is 3.38. The maximum atomic E-state index is 12.3. The molecule has 6 heteroatoms. The average molecular weight is 319 g/mol. The summed E-state index contributed by atoms with van der Waals surface area (Å²) in [5.74, 6) is -1.60. The highest BCUT2D eigenvalue weighted by Gasteiger charge is 2.42. The van der Waals surface area contributed by atoms with E-state index >= 15 is 0 Å². The lowest BCUT2D eigenvalue weighted by atomic mass is 10.2. The second-order valence-corrected chi connectivity index (χ2v) is 6.63. The molecule has 0 atom stereocenters. The molecule has 5 nitrogen and oxygen atoms in total. The molecule has 2 aliphatic heterocycles. The summed E-state index contributed by atoms with van der Waals surface area (Å²) >= 11 is 1.48. The number of hydrogen-bond acceptors (Lipinski definition) is 6. The summed E-state index contributed by atoms with van der Waals surface area (Å²) < 4.78 is 10.4. The molecule has 1 aromatic rings. The summed E-state index contributed by atoms with van der Waals surface area (Å²) in [6.07, 6.45) is 0.978. The fourth-order valence-electron chi connectivity index (χ4n) is 2.46. The number of cyclic esters (lactones) is 2. The molecule has 3 rings (SSSR count). The molecule has 0 spiro atoms. The molecular formula is C16H17NO4S. The third kappa shape index (κ3) is 2.83. The molecule has 0 saturated carbocycles. The number of benzene rings is 1. The second-order valence-electron chi connectivity index (χ2n) is 5.55. The van der Waals surface area contributed by atoms with Crippen molar-refractivity contribution in [2.45, 2.75) is 26.1 Å². The zero-order chi connectivity index (χ0) is 15.7. The van der Waals surface area contributed by atoms with E-state index in [-0.39, 0.29) is 5.57 Å². The predicted octanol–water partition coefficient (Wildman–Crippen LogP) is 2.68. The van der Waals surface area contributed by atoms with Gasteiger partial charge in [0.1, 0.15) is 0 Å². The number of nitrogens with zero attached hydrogens (tertiary/aromatic N) is 1. The minimum absolute atomic E-state index is 0.00659. The highest BCUT2D eigenvalue weighted by Crippen LogP contribution is 2.37. The number of anilines is 1. The van der Waals surface area contributed by atoms with E-state index in [0.29, 0.717) is 5.03 Å². The fraction of sp³-hybridized carbons (Fsp3) is 0.375. The van der Waals surface area contributed by atoms with Gasteiger partial charge in [-0.15, -0.1) is 11.8 Å². The van der Waals surface area contributed by atoms with Crippen molar-refractivity contribution in [3.63, 3.8) is 0 Å². The van der Waals surface area contributed by atoms with Crippen LogP contribution in [0.15, 0.2) is 40.9 Å². The molecule has 2 fully saturated rings. The van der Waals surface area contributed by atoms with Crippen molar-refractivity contribution in [3.8, 4) is 0 Å². The number of hydrogen-bond donors (Lipinski definition) is 0. The minimum Gasteiger partial charge on any atom is -0.419 e. The van der Waals surface area contributed by atoms with Gasteiger partial charge in [-0.25, -0.2) is 9.59 Å². The number of carbonyl (C=O) groups excluding carboxylic acids is 2. The normalized spacial score (nSPS) is 21.5. The maximum Gasteiger partial charge on any atom is 0.351 e. The molecule has 0 aromatic heterocycles. The topological polar surface area (TPSA) is 55.8 Å². The van der Waals surface area contributed by atoms with E-state index in [1.54, 1.807) is 13.8 Å². The first-order chi connectivity index (χ1) is 10.5. The van der Waals surface area contributed by atoms with E-state index in [1.807, 2.05) is 35.2 Å². The molecule has 1 aromatic carbocycles. The Bertz CT molecular complexity index is 617. The predicted molar refractivity (Wildman–Crippen MR) is 84.2 cm³/mol. The van der Waals surface area contributed by atoms with Gasteiger partial charge in [-0.1, -0.05) is 18.2 Å². The van der Waals surface area contributed by atoms with E-state index in [4.69, 9.17) is 9.47 Å². The van der Waals surface area contributed by atoms with Crippen LogP contribution in [0.1, 0.15) is 20.3 Å². The Morgan fingerprint density at radius 3 is 2.36 bits per heavy atom. The lowest BCUT2D eigenvalue weighted by Crippen LogP contribution is -2.44. The highest BCUT2D eigenvalue weighted by molar-refractivity contribution is 8.03. The van der Waals surface area contributed by atoms with Gasteiger partial charge >= 0.3 is 11.9 Å². The largest absolute Gasteiger partial charge is 0.419 e. The third-order valence-corrected chi connectivity index (χ3v) is 4.57. The van der Waals surface area contributed by atoms with Crippen LogP contribution in [0.2, 0.25) is 0 Å². The summed E-state index contributed by atoms with van der Waals surface area (Å²) in [6, 6.07) is 9.69. The van der Waals surface area contributed by atoms with Crippen LogP contribution in [0, 0.1) is 0 Å². The van der Waals surface area contributed by atoms with Crippen LogP contribution in [-0.4, -0.2) is 30.0 Å². The molecule has 0 unspecified atom stereocenters. The second kappa shape index (κ2) is 5.68.